The molecule has 1 amide bonds. The Balaban J connectivity index is 1.47. The summed E-state index contributed by atoms with van der Waals surface area (Å²) in [5, 5.41) is 0. The van der Waals surface area contributed by atoms with Gasteiger partial charge in [0.2, 0.25) is 11.9 Å². The topological polar surface area (TPSA) is 75.3 Å². The summed E-state index contributed by atoms with van der Waals surface area (Å²) in [6, 6.07) is 8.79. The number of hydrogen-bond donors (Lipinski definition) is 1. The Morgan fingerprint density at radius 2 is 2.07 bits per heavy atom. The lowest BCUT2D eigenvalue weighted by molar-refractivity contribution is -0.148. The number of nitrogens with two attached hydrogens (primary N) is 1. The summed E-state index contributed by atoms with van der Waals surface area (Å²) in [4.78, 5) is 26.2. The van der Waals surface area contributed by atoms with E-state index in [9.17, 15) is 9.18 Å². The van der Waals surface area contributed by atoms with Gasteiger partial charge in [0.25, 0.3) is 0 Å². The number of carbonyl (C=O) groups excluding carboxylic acids is 1. The summed E-state index contributed by atoms with van der Waals surface area (Å²) in [5.41, 5.74) is 6.83. The summed E-state index contributed by atoms with van der Waals surface area (Å²) in [6.45, 7) is 1.64. The molecule has 2 bridgehead atoms. The van der Waals surface area contributed by atoms with E-state index in [1.807, 2.05) is 6.07 Å². The zero-order valence-corrected chi connectivity index (χ0v) is 16.4. The average Bonchev–Trinajstić information content (AvgIpc) is 2.71. The Morgan fingerprint density at radius 3 is 2.90 bits per heavy atom. The molecule has 152 valence electrons. The molecule has 1 aromatic carbocycles. The molecule has 0 radical (unpaired) electrons. The maximum absolute atomic E-state index is 13.8. The lowest BCUT2D eigenvalue weighted by atomic mass is 9.71. The van der Waals surface area contributed by atoms with E-state index in [-0.39, 0.29) is 23.8 Å². The highest BCUT2D eigenvalue weighted by Gasteiger charge is 2.49. The molecule has 0 saturated carbocycles. The van der Waals surface area contributed by atoms with Crippen LogP contribution in [0, 0.1) is 17.7 Å². The van der Waals surface area contributed by atoms with Crippen molar-refractivity contribution in [2.75, 3.05) is 23.7 Å². The molecule has 2 N–H and O–H groups in total. The van der Waals surface area contributed by atoms with Crippen LogP contribution in [0.3, 0.4) is 0 Å². The van der Waals surface area contributed by atoms with Gasteiger partial charge in [0.15, 0.2) is 0 Å². The molecule has 0 spiro atoms. The number of aromatic nitrogens is 2. The predicted molar refractivity (Wildman–Crippen MR) is 109 cm³/mol. The molecule has 3 saturated heterocycles. The molecule has 0 aliphatic carbocycles. The fraction of sp³-hybridized carbons (Fsp3) is 0.500. The van der Waals surface area contributed by atoms with Gasteiger partial charge in [0.1, 0.15) is 11.6 Å². The number of benzene rings is 1. The van der Waals surface area contributed by atoms with Crippen LogP contribution in [-0.4, -0.2) is 45.9 Å². The number of anilines is 2. The molecular formula is C22H26FN5O. The van der Waals surface area contributed by atoms with Gasteiger partial charge in [0, 0.05) is 37.8 Å². The number of rotatable bonds is 3. The molecule has 5 rings (SSSR count). The Hall–Kier alpha value is -2.70. The number of nitrogen functional groups attached to an aromatic ring is 1. The quantitative estimate of drug-likeness (QED) is 0.865. The minimum Gasteiger partial charge on any atom is -0.384 e. The van der Waals surface area contributed by atoms with Gasteiger partial charge in [-0.3, -0.25) is 4.79 Å². The molecule has 2 aromatic rings. The number of hydrogen-bond acceptors (Lipinski definition) is 5. The Kier molecular flexibility index (Phi) is 4.60. The molecule has 3 aliphatic rings. The number of fused-ring (bicyclic) bond motifs is 4. The minimum absolute atomic E-state index is 0.0784. The minimum atomic E-state index is -0.226. The molecule has 3 fully saturated rings. The highest BCUT2D eigenvalue weighted by molar-refractivity contribution is 5.78. The molecule has 3 aliphatic heterocycles. The number of halogens is 1. The molecule has 1 aromatic heterocycles. The van der Waals surface area contributed by atoms with Gasteiger partial charge in [-0.25, -0.2) is 9.37 Å². The molecule has 7 heteroatoms. The lowest BCUT2D eigenvalue weighted by Gasteiger charge is -2.56. The third-order valence-electron chi connectivity index (χ3n) is 6.78. The van der Waals surface area contributed by atoms with E-state index in [0.29, 0.717) is 36.4 Å². The summed E-state index contributed by atoms with van der Waals surface area (Å²) < 4.78 is 13.8. The van der Waals surface area contributed by atoms with Crippen molar-refractivity contribution in [2.45, 2.75) is 44.2 Å². The van der Waals surface area contributed by atoms with Gasteiger partial charge >= 0.3 is 0 Å². The maximum atomic E-state index is 13.8. The predicted octanol–water partition coefficient (Wildman–Crippen LogP) is 2.65. The van der Waals surface area contributed by atoms with Crippen LogP contribution in [0.5, 0.6) is 0 Å². The van der Waals surface area contributed by atoms with Crippen molar-refractivity contribution in [3.63, 3.8) is 0 Å². The zero-order valence-electron chi connectivity index (χ0n) is 16.4. The van der Waals surface area contributed by atoms with Gasteiger partial charge in [-0.1, -0.05) is 12.1 Å². The second kappa shape index (κ2) is 7.28. The third-order valence-corrected chi connectivity index (χ3v) is 6.78. The Morgan fingerprint density at radius 1 is 1.21 bits per heavy atom. The summed E-state index contributed by atoms with van der Waals surface area (Å²) in [7, 11) is 0. The molecule has 29 heavy (non-hydrogen) atoms. The number of piperidine rings is 3. The van der Waals surface area contributed by atoms with E-state index in [4.69, 9.17) is 5.73 Å². The first kappa shape index (κ1) is 18.3. The Bertz CT molecular complexity index is 922. The van der Waals surface area contributed by atoms with Crippen LogP contribution in [0.2, 0.25) is 0 Å². The molecule has 4 atom stereocenters. The smallest absolute Gasteiger partial charge is 0.227 e. The highest BCUT2D eigenvalue weighted by atomic mass is 19.1. The van der Waals surface area contributed by atoms with Crippen LogP contribution in [0.1, 0.15) is 31.2 Å². The summed E-state index contributed by atoms with van der Waals surface area (Å²) in [6.07, 6.45) is 6.08. The second-order valence-electron chi connectivity index (χ2n) is 8.60. The van der Waals surface area contributed by atoms with Crippen molar-refractivity contribution in [2.24, 2.45) is 11.8 Å². The first-order valence-electron chi connectivity index (χ1n) is 10.5. The number of nitrogens with zero attached hydrogens (tertiary/aromatic N) is 4. The lowest BCUT2D eigenvalue weighted by Crippen LogP contribution is -2.65. The van der Waals surface area contributed by atoms with Gasteiger partial charge in [-0.15, -0.1) is 0 Å². The van der Waals surface area contributed by atoms with Crippen molar-refractivity contribution in [1.29, 1.82) is 0 Å². The van der Waals surface area contributed by atoms with Gasteiger partial charge in [-0.05, 0) is 61.3 Å². The second-order valence-corrected chi connectivity index (χ2v) is 8.60. The van der Waals surface area contributed by atoms with Crippen LogP contribution in [0.15, 0.2) is 36.5 Å². The Labute approximate surface area is 169 Å². The molecular weight excluding hydrogens is 369 g/mol. The van der Waals surface area contributed by atoms with E-state index < -0.39 is 0 Å². The van der Waals surface area contributed by atoms with E-state index in [1.54, 1.807) is 24.4 Å². The normalized spacial score (nSPS) is 28.9. The molecule has 0 unspecified atom stereocenters. The zero-order chi connectivity index (χ0) is 20.0. The summed E-state index contributed by atoms with van der Waals surface area (Å²) >= 11 is 0. The van der Waals surface area contributed by atoms with E-state index in [0.717, 1.165) is 37.9 Å². The van der Waals surface area contributed by atoms with Gasteiger partial charge in [-0.2, -0.15) is 4.98 Å². The first-order chi connectivity index (χ1) is 14.1. The van der Waals surface area contributed by atoms with Crippen LogP contribution in [0.4, 0.5) is 16.2 Å². The van der Waals surface area contributed by atoms with E-state index in [1.165, 1.54) is 6.07 Å². The average molecular weight is 395 g/mol. The van der Waals surface area contributed by atoms with Crippen molar-refractivity contribution in [1.82, 2.24) is 14.9 Å². The van der Waals surface area contributed by atoms with Crippen molar-refractivity contribution < 1.29 is 9.18 Å². The van der Waals surface area contributed by atoms with Crippen LogP contribution in [-0.2, 0) is 11.2 Å². The van der Waals surface area contributed by atoms with Crippen LogP contribution >= 0.6 is 0 Å². The third kappa shape index (κ3) is 3.43. The van der Waals surface area contributed by atoms with E-state index in [2.05, 4.69) is 19.8 Å². The van der Waals surface area contributed by atoms with Crippen LogP contribution in [0.25, 0.3) is 0 Å². The fourth-order valence-electron chi connectivity index (χ4n) is 5.62. The van der Waals surface area contributed by atoms with E-state index >= 15 is 0 Å². The van der Waals surface area contributed by atoms with Crippen LogP contribution < -0.4 is 10.6 Å². The fourth-order valence-corrected chi connectivity index (χ4v) is 5.62. The van der Waals surface area contributed by atoms with Gasteiger partial charge < -0.3 is 15.5 Å². The van der Waals surface area contributed by atoms with Crippen molar-refractivity contribution in [3.05, 3.63) is 47.9 Å². The molecule has 6 nitrogen and oxygen atoms in total. The highest BCUT2D eigenvalue weighted by Crippen LogP contribution is 2.43. The van der Waals surface area contributed by atoms with Gasteiger partial charge in [0.05, 0.1) is 0 Å². The standard InChI is InChI=1S/C22H26FN5O/c23-17-4-1-3-14(9-17)10-19-16-11-15(18-5-2-6-21(29)28(18)19)12-27(13-16)22-25-8-7-20(24)26-22/h1,3-4,7-9,15-16,18-19H,2,5-6,10-13H2,(H2,24,25,26)/t15-,16+,18+,19+/m1/s1. The molecule has 4 heterocycles. The number of carbonyl (C=O) groups is 1. The summed E-state index contributed by atoms with van der Waals surface area (Å²) in [5.74, 6) is 1.88. The first-order valence-corrected chi connectivity index (χ1v) is 10.5. The maximum Gasteiger partial charge on any atom is 0.227 e. The van der Waals surface area contributed by atoms with Crippen molar-refractivity contribution >= 4 is 17.7 Å². The van der Waals surface area contributed by atoms with Crippen molar-refractivity contribution in [3.8, 4) is 0 Å². The number of amides is 1. The SMILES string of the molecule is Nc1ccnc(N2C[C@H]3C[C@@H](C2)[C@H](Cc2cccc(F)c2)N2C(=O)CCC[C@@H]32)n1. The largest absolute Gasteiger partial charge is 0.384 e. The monoisotopic (exact) mass is 395 g/mol.